The van der Waals surface area contributed by atoms with Gasteiger partial charge in [0, 0.05) is 37.5 Å². The standard InChI is InChI=1S/C21H34N4O.C4H8O/c1-16(2)20-22-12-18(13-23-20)24-8-9-25(19(14-24)15-26)17-10-21(11-17)6-4-3-5-7-21;1-4(2)3-5/h12-13,16-17,19,26H,3-11,14-15H2,1-2H3;3-4H,1-2H3. The Balaban J connectivity index is 0.000000491. The van der Waals surface area contributed by atoms with E-state index >= 15 is 0 Å². The summed E-state index contributed by atoms with van der Waals surface area (Å²) >= 11 is 0. The maximum Gasteiger partial charge on any atom is 0.130 e. The minimum absolute atomic E-state index is 0.204. The van der Waals surface area contributed by atoms with Gasteiger partial charge < -0.3 is 14.8 Å². The number of carbonyl (C=O) groups is 1. The van der Waals surface area contributed by atoms with Crippen molar-refractivity contribution in [3.63, 3.8) is 0 Å². The summed E-state index contributed by atoms with van der Waals surface area (Å²) in [6.45, 7) is 11.1. The van der Waals surface area contributed by atoms with Gasteiger partial charge in [0.25, 0.3) is 0 Å². The molecule has 1 aromatic heterocycles. The van der Waals surface area contributed by atoms with Crippen LogP contribution < -0.4 is 4.90 Å². The molecule has 0 aromatic carbocycles. The molecule has 2 heterocycles. The van der Waals surface area contributed by atoms with Gasteiger partial charge >= 0.3 is 0 Å². The number of anilines is 1. The number of aldehydes is 1. The van der Waals surface area contributed by atoms with E-state index in [1.807, 2.05) is 26.2 Å². The number of aliphatic hydroxyl groups excluding tert-OH is 1. The molecule has 1 N–H and O–H groups in total. The molecular weight excluding hydrogens is 388 g/mol. The lowest BCUT2D eigenvalue weighted by molar-refractivity contribution is -0.110. The number of aliphatic hydroxyl groups is 1. The van der Waals surface area contributed by atoms with Gasteiger partial charge in [0.05, 0.1) is 30.7 Å². The number of carbonyl (C=O) groups excluding carboxylic acids is 1. The molecule has 6 nitrogen and oxygen atoms in total. The second-order valence-corrected chi connectivity index (χ2v) is 10.5. The van der Waals surface area contributed by atoms with E-state index in [0.29, 0.717) is 17.4 Å². The van der Waals surface area contributed by atoms with E-state index in [0.717, 1.165) is 37.4 Å². The van der Waals surface area contributed by atoms with Crippen molar-refractivity contribution in [1.29, 1.82) is 0 Å². The first-order chi connectivity index (χ1) is 14.9. The van der Waals surface area contributed by atoms with Crippen molar-refractivity contribution in [2.24, 2.45) is 11.3 Å². The van der Waals surface area contributed by atoms with Gasteiger partial charge in [-0.05, 0) is 31.1 Å². The molecule has 2 saturated carbocycles. The molecular formula is C25H42N4O2. The second kappa shape index (κ2) is 10.9. The third-order valence-electron chi connectivity index (χ3n) is 7.27. The Labute approximate surface area is 188 Å². The number of nitrogens with zero attached hydrogens (tertiary/aromatic N) is 4. The lowest BCUT2D eigenvalue weighted by Gasteiger charge is -2.57. The molecule has 6 heteroatoms. The van der Waals surface area contributed by atoms with Crippen LogP contribution in [0.15, 0.2) is 12.4 Å². The average Bonchev–Trinajstić information content (AvgIpc) is 2.78. The second-order valence-electron chi connectivity index (χ2n) is 10.5. The molecule has 1 aromatic rings. The Morgan fingerprint density at radius 1 is 1.10 bits per heavy atom. The Bertz CT molecular complexity index is 677. The molecule has 1 aliphatic heterocycles. The average molecular weight is 431 g/mol. The molecule has 1 saturated heterocycles. The van der Waals surface area contributed by atoms with Gasteiger partial charge in [0.1, 0.15) is 12.1 Å². The molecule has 4 rings (SSSR count). The molecule has 0 radical (unpaired) electrons. The fourth-order valence-corrected chi connectivity index (χ4v) is 5.42. The van der Waals surface area contributed by atoms with Crippen LogP contribution in [0.25, 0.3) is 0 Å². The van der Waals surface area contributed by atoms with E-state index in [1.54, 1.807) is 0 Å². The van der Waals surface area contributed by atoms with Gasteiger partial charge in [0.2, 0.25) is 0 Å². The molecule has 31 heavy (non-hydrogen) atoms. The van der Waals surface area contributed by atoms with Crippen molar-refractivity contribution in [3.8, 4) is 0 Å². The van der Waals surface area contributed by atoms with Crippen LogP contribution in [0.3, 0.4) is 0 Å². The highest BCUT2D eigenvalue weighted by Gasteiger charge is 2.48. The quantitative estimate of drug-likeness (QED) is 0.711. The zero-order valence-corrected chi connectivity index (χ0v) is 20.0. The van der Waals surface area contributed by atoms with Crippen molar-refractivity contribution in [1.82, 2.24) is 14.9 Å². The van der Waals surface area contributed by atoms with Crippen molar-refractivity contribution in [2.45, 2.75) is 90.6 Å². The lowest BCUT2D eigenvalue weighted by Crippen LogP contribution is -2.62. The predicted octanol–water partition coefficient (Wildman–Crippen LogP) is 4.04. The minimum Gasteiger partial charge on any atom is -0.395 e. The fourth-order valence-electron chi connectivity index (χ4n) is 5.42. The molecule has 174 valence electrons. The highest BCUT2D eigenvalue weighted by atomic mass is 16.3. The number of piperazine rings is 1. The van der Waals surface area contributed by atoms with E-state index in [-0.39, 0.29) is 18.6 Å². The molecule has 0 bridgehead atoms. The number of rotatable bonds is 5. The topological polar surface area (TPSA) is 69.6 Å². The van der Waals surface area contributed by atoms with Crippen molar-refractivity contribution in [2.75, 3.05) is 31.1 Å². The first-order valence-electron chi connectivity index (χ1n) is 12.3. The zero-order valence-electron chi connectivity index (χ0n) is 20.0. The summed E-state index contributed by atoms with van der Waals surface area (Å²) in [4.78, 5) is 23.5. The van der Waals surface area contributed by atoms with Crippen LogP contribution in [0.5, 0.6) is 0 Å². The highest BCUT2D eigenvalue weighted by molar-refractivity contribution is 5.51. The van der Waals surface area contributed by atoms with Gasteiger partial charge in [-0.1, -0.05) is 47.0 Å². The Morgan fingerprint density at radius 3 is 2.23 bits per heavy atom. The third-order valence-corrected chi connectivity index (χ3v) is 7.27. The summed E-state index contributed by atoms with van der Waals surface area (Å²) < 4.78 is 0. The molecule has 1 spiro atoms. The molecule has 0 amide bonds. The van der Waals surface area contributed by atoms with Crippen LogP contribution >= 0.6 is 0 Å². The summed E-state index contributed by atoms with van der Waals surface area (Å²) in [5.74, 6) is 1.46. The van der Waals surface area contributed by atoms with Gasteiger partial charge in [-0.2, -0.15) is 0 Å². The van der Waals surface area contributed by atoms with Crippen molar-refractivity contribution in [3.05, 3.63) is 18.2 Å². The first-order valence-corrected chi connectivity index (χ1v) is 12.3. The summed E-state index contributed by atoms with van der Waals surface area (Å²) in [5, 5.41) is 10.0. The SMILES string of the molecule is CC(C)C=O.CC(C)c1ncc(N2CCN(C3CC4(CCCCC4)C3)C(CO)C2)cn1. The summed E-state index contributed by atoms with van der Waals surface area (Å²) in [5.41, 5.74) is 1.74. The van der Waals surface area contributed by atoms with Crippen LogP contribution in [0.1, 0.15) is 84.4 Å². The van der Waals surface area contributed by atoms with Crippen LogP contribution in [-0.2, 0) is 4.79 Å². The van der Waals surface area contributed by atoms with E-state index in [1.165, 1.54) is 44.9 Å². The third kappa shape index (κ3) is 6.04. The van der Waals surface area contributed by atoms with Crippen molar-refractivity contribution >= 4 is 12.0 Å². The van der Waals surface area contributed by atoms with Crippen LogP contribution in [0.2, 0.25) is 0 Å². The summed E-state index contributed by atoms with van der Waals surface area (Å²) in [7, 11) is 0. The summed E-state index contributed by atoms with van der Waals surface area (Å²) in [6.07, 6.45) is 14.7. The zero-order chi connectivity index (χ0) is 22.4. The lowest BCUT2D eigenvalue weighted by atomic mass is 9.58. The molecule has 3 aliphatic rings. The van der Waals surface area contributed by atoms with Crippen LogP contribution in [0.4, 0.5) is 5.69 Å². The minimum atomic E-state index is 0.204. The van der Waals surface area contributed by atoms with Crippen molar-refractivity contribution < 1.29 is 9.90 Å². The van der Waals surface area contributed by atoms with Crippen LogP contribution in [-0.4, -0.2) is 64.6 Å². The highest BCUT2D eigenvalue weighted by Crippen LogP contribution is 2.53. The van der Waals surface area contributed by atoms with E-state index in [4.69, 9.17) is 0 Å². The molecule has 1 unspecified atom stereocenters. The number of hydrogen-bond acceptors (Lipinski definition) is 6. The van der Waals surface area contributed by atoms with Gasteiger partial charge in [0.15, 0.2) is 0 Å². The van der Waals surface area contributed by atoms with E-state index in [2.05, 4.69) is 33.6 Å². The normalized spacial score (nSPS) is 24.1. The Hall–Kier alpha value is -1.53. The maximum absolute atomic E-state index is 10.0. The number of aromatic nitrogens is 2. The summed E-state index contributed by atoms with van der Waals surface area (Å²) in [6, 6.07) is 0.923. The molecule has 1 atom stereocenters. The first kappa shape index (κ1) is 24.1. The Kier molecular flexibility index (Phi) is 8.45. The van der Waals surface area contributed by atoms with Gasteiger partial charge in [-0.15, -0.1) is 0 Å². The largest absolute Gasteiger partial charge is 0.395 e. The number of hydrogen-bond donors (Lipinski definition) is 1. The fraction of sp³-hybridized carbons (Fsp3) is 0.800. The predicted molar refractivity (Wildman–Crippen MR) is 125 cm³/mol. The Morgan fingerprint density at radius 2 is 1.71 bits per heavy atom. The molecule has 2 aliphatic carbocycles. The smallest absolute Gasteiger partial charge is 0.130 e. The maximum atomic E-state index is 10.0. The van der Waals surface area contributed by atoms with E-state index in [9.17, 15) is 9.90 Å². The molecule has 3 fully saturated rings. The van der Waals surface area contributed by atoms with E-state index < -0.39 is 0 Å². The monoisotopic (exact) mass is 430 g/mol. The van der Waals surface area contributed by atoms with Gasteiger partial charge in [-0.25, -0.2) is 9.97 Å². The van der Waals surface area contributed by atoms with Gasteiger partial charge in [-0.3, -0.25) is 4.90 Å². The van der Waals surface area contributed by atoms with Crippen LogP contribution in [0, 0.1) is 11.3 Å².